The average Bonchev–Trinajstić information content (AvgIpc) is 2.82. The molecule has 0 saturated heterocycles. The van der Waals surface area contributed by atoms with E-state index in [9.17, 15) is 4.79 Å². The Hall–Kier alpha value is -0.700. The van der Waals surface area contributed by atoms with Gasteiger partial charge in [-0.3, -0.25) is 0 Å². The van der Waals surface area contributed by atoms with Crippen molar-refractivity contribution in [3.8, 4) is 0 Å². The summed E-state index contributed by atoms with van der Waals surface area (Å²) in [5.74, 6) is -0.401. The molecule has 0 fully saturated rings. The molecule has 0 bridgehead atoms. The predicted molar refractivity (Wildman–Crippen MR) is 68.3 cm³/mol. The molecule has 2 heterocycles. The van der Waals surface area contributed by atoms with Crippen LogP contribution in [-0.4, -0.2) is 25.6 Å². The molecule has 17 heavy (non-hydrogen) atoms. The fourth-order valence-electron chi connectivity index (χ4n) is 1.05. The molecule has 2 rings (SSSR count). The van der Waals surface area contributed by atoms with Crippen molar-refractivity contribution in [3.63, 3.8) is 0 Å². The zero-order valence-electron chi connectivity index (χ0n) is 8.51. The Balaban J connectivity index is 2.07. The SMILES string of the molecule is Cc1nc(SCc2nnsc2Cl)sc1C(=O)O. The van der Waals surface area contributed by atoms with E-state index in [1.54, 1.807) is 6.92 Å². The van der Waals surface area contributed by atoms with Crippen LogP contribution in [0.4, 0.5) is 0 Å². The maximum atomic E-state index is 10.8. The van der Waals surface area contributed by atoms with E-state index in [-0.39, 0.29) is 4.88 Å². The van der Waals surface area contributed by atoms with Crippen LogP contribution in [0.5, 0.6) is 0 Å². The molecule has 90 valence electrons. The van der Waals surface area contributed by atoms with Crippen molar-refractivity contribution in [2.24, 2.45) is 0 Å². The van der Waals surface area contributed by atoms with Crippen molar-refractivity contribution >= 4 is 52.2 Å². The standard InChI is InChI=1S/C8H6ClN3O2S3/c1-3-5(7(13)14)16-8(10-3)15-2-4-6(9)17-12-11-4/h2H2,1H3,(H,13,14). The molecular weight excluding hydrogens is 302 g/mol. The topological polar surface area (TPSA) is 76.0 Å². The summed E-state index contributed by atoms with van der Waals surface area (Å²) in [5, 5.41) is 12.8. The van der Waals surface area contributed by atoms with Gasteiger partial charge in [0, 0.05) is 17.3 Å². The fraction of sp³-hybridized carbons (Fsp3) is 0.250. The minimum Gasteiger partial charge on any atom is -0.477 e. The van der Waals surface area contributed by atoms with Crippen molar-refractivity contribution < 1.29 is 9.90 Å². The first kappa shape index (κ1) is 12.7. The van der Waals surface area contributed by atoms with Crippen LogP contribution in [0.25, 0.3) is 0 Å². The number of aromatic nitrogens is 3. The van der Waals surface area contributed by atoms with Gasteiger partial charge in [-0.25, -0.2) is 9.78 Å². The molecule has 0 aliphatic rings. The number of carboxylic acids is 1. The second-order valence-electron chi connectivity index (χ2n) is 2.98. The number of thiazole rings is 1. The quantitative estimate of drug-likeness (QED) is 0.875. The third-order valence-corrected chi connectivity index (χ3v) is 5.10. The summed E-state index contributed by atoms with van der Waals surface area (Å²) in [6, 6.07) is 0. The number of thioether (sulfide) groups is 1. The van der Waals surface area contributed by atoms with Gasteiger partial charge in [-0.15, -0.1) is 16.4 Å². The number of aryl methyl sites for hydroxylation is 1. The highest BCUT2D eigenvalue weighted by molar-refractivity contribution is 8.00. The largest absolute Gasteiger partial charge is 0.477 e. The first-order valence-electron chi connectivity index (χ1n) is 4.38. The first-order chi connectivity index (χ1) is 8.08. The normalized spacial score (nSPS) is 10.7. The number of hydrogen-bond donors (Lipinski definition) is 1. The summed E-state index contributed by atoms with van der Waals surface area (Å²) in [5.41, 5.74) is 1.24. The lowest BCUT2D eigenvalue weighted by molar-refractivity contribution is 0.0701. The molecule has 2 aromatic heterocycles. The van der Waals surface area contributed by atoms with E-state index in [1.165, 1.54) is 11.8 Å². The van der Waals surface area contributed by atoms with Crippen molar-refractivity contribution in [2.75, 3.05) is 0 Å². The van der Waals surface area contributed by atoms with Crippen molar-refractivity contribution in [2.45, 2.75) is 17.0 Å². The minimum atomic E-state index is -0.944. The van der Waals surface area contributed by atoms with E-state index < -0.39 is 5.97 Å². The molecule has 0 atom stereocenters. The molecule has 9 heteroatoms. The fourth-order valence-corrected chi connectivity index (χ4v) is 3.81. The zero-order valence-corrected chi connectivity index (χ0v) is 11.7. The monoisotopic (exact) mass is 307 g/mol. The molecule has 0 radical (unpaired) electrons. The van der Waals surface area contributed by atoms with Gasteiger partial charge in [0.15, 0.2) is 4.34 Å². The van der Waals surface area contributed by atoms with Crippen LogP contribution in [0.3, 0.4) is 0 Å². The Kier molecular flexibility index (Phi) is 3.97. The Bertz CT molecular complexity index is 554. The van der Waals surface area contributed by atoms with E-state index in [0.717, 1.165) is 22.9 Å². The third kappa shape index (κ3) is 2.95. The number of halogens is 1. The summed E-state index contributed by atoms with van der Waals surface area (Å²) in [7, 11) is 0. The highest BCUT2D eigenvalue weighted by Gasteiger charge is 2.15. The smallest absolute Gasteiger partial charge is 0.347 e. The summed E-state index contributed by atoms with van der Waals surface area (Å²) < 4.78 is 4.98. The number of aromatic carboxylic acids is 1. The number of carboxylic acid groups (broad SMARTS) is 1. The van der Waals surface area contributed by atoms with Gasteiger partial charge in [0.25, 0.3) is 0 Å². The van der Waals surface area contributed by atoms with Crippen LogP contribution in [0, 0.1) is 6.92 Å². The van der Waals surface area contributed by atoms with Crippen LogP contribution in [-0.2, 0) is 5.75 Å². The number of carbonyl (C=O) groups is 1. The van der Waals surface area contributed by atoms with Gasteiger partial charge in [0.1, 0.15) is 14.9 Å². The Labute approximate surface area is 114 Å². The summed E-state index contributed by atoms with van der Waals surface area (Å²) in [6.45, 7) is 1.68. The molecule has 0 aliphatic heterocycles. The molecule has 0 saturated carbocycles. The van der Waals surface area contributed by atoms with Gasteiger partial charge in [0.2, 0.25) is 0 Å². The van der Waals surface area contributed by atoms with Crippen LogP contribution in [0.2, 0.25) is 4.34 Å². The Morgan fingerprint density at radius 1 is 1.59 bits per heavy atom. The van der Waals surface area contributed by atoms with Gasteiger partial charge in [-0.2, -0.15) is 0 Å². The molecule has 5 nitrogen and oxygen atoms in total. The maximum absolute atomic E-state index is 10.8. The zero-order chi connectivity index (χ0) is 12.4. The van der Waals surface area contributed by atoms with E-state index >= 15 is 0 Å². The molecular formula is C8H6ClN3O2S3. The van der Waals surface area contributed by atoms with Crippen molar-refractivity contribution in [3.05, 3.63) is 20.6 Å². The van der Waals surface area contributed by atoms with Gasteiger partial charge in [-0.05, 0) is 6.92 Å². The number of nitrogens with zero attached hydrogens (tertiary/aromatic N) is 3. The number of hydrogen-bond acceptors (Lipinski definition) is 7. The van der Waals surface area contributed by atoms with E-state index in [4.69, 9.17) is 16.7 Å². The molecule has 0 amide bonds. The minimum absolute atomic E-state index is 0.273. The molecule has 0 aromatic carbocycles. The third-order valence-electron chi connectivity index (χ3n) is 1.81. The van der Waals surface area contributed by atoms with Gasteiger partial charge in [0.05, 0.1) is 5.69 Å². The lowest BCUT2D eigenvalue weighted by Gasteiger charge is -1.92. The first-order valence-corrected chi connectivity index (χ1v) is 7.33. The van der Waals surface area contributed by atoms with Crippen LogP contribution in [0.1, 0.15) is 21.1 Å². The van der Waals surface area contributed by atoms with E-state index in [1.807, 2.05) is 0 Å². The number of rotatable bonds is 4. The van der Waals surface area contributed by atoms with Crippen LogP contribution >= 0.6 is 46.2 Å². The second-order valence-corrected chi connectivity index (χ2v) is 6.56. The van der Waals surface area contributed by atoms with Gasteiger partial charge in [-0.1, -0.05) is 27.9 Å². The average molecular weight is 308 g/mol. The van der Waals surface area contributed by atoms with Crippen molar-refractivity contribution in [1.29, 1.82) is 0 Å². The van der Waals surface area contributed by atoms with Crippen molar-refractivity contribution in [1.82, 2.24) is 14.6 Å². The van der Waals surface area contributed by atoms with E-state index in [0.29, 0.717) is 25.8 Å². The van der Waals surface area contributed by atoms with Gasteiger partial charge >= 0.3 is 5.97 Å². The Morgan fingerprint density at radius 3 is 2.88 bits per heavy atom. The molecule has 0 spiro atoms. The maximum Gasteiger partial charge on any atom is 0.347 e. The molecule has 0 unspecified atom stereocenters. The summed E-state index contributed by atoms with van der Waals surface area (Å²) in [4.78, 5) is 15.3. The van der Waals surface area contributed by atoms with E-state index in [2.05, 4.69) is 14.6 Å². The Morgan fingerprint density at radius 2 is 2.35 bits per heavy atom. The predicted octanol–water partition coefficient (Wildman–Crippen LogP) is 2.95. The molecule has 2 aromatic rings. The highest BCUT2D eigenvalue weighted by Crippen LogP contribution is 2.31. The lowest BCUT2D eigenvalue weighted by Crippen LogP contribution is -1.94. The second kappa shape index (κ2) is 5.30. The van der Waals surface area contributed by atoms with Gasteiger partial charge < -0.3 is 5.11 Å². The summed E-state index contributed by atoms with van der Waals surface area (Å²) in [6.07, 6.45) is 0. The highest BCUT2D eigenvalue weighted by atomic mass is 35.5. The molecule has 1 N–H and O–H groups in total. The summed E-state index contributed by atoms with van der Waals surface area (Å²) >= 11 is 9.56. The van der Waals surface area contributed by atoms with Crippen LogP contribution < -0.4 is 0 Å². The lowest BCUT2D eigenvalue weighted by atomic mass is 10.4. The van der Waals surface area contributed by atoms with Crippen LogP contribution in [0.15, 0.2) is 4.34 Å². The molecule has 0 aliphatic carbocycles.